The Morgan fingerprint density at radius 3 is 2.50 bits per heavy atom. The van der Waals surface area contributed by atoms with Crippen LogP contribution in [-0.4, -0.2) is 28.9 Å². The Bertz CT molecular complexity index is 312. The van der Waals surface area contributed by atoms with Gasteiger partial charge in [0.2, 0.25) is 5.91 Å². The van der Waals surface area contributed by atoms with Crippen LogP contribution in [0, 0.1) is 11.3 Å². The molecule has 1 aliphatic heterocycles. The lowest BCUT2D eigenvalue weighted by Crippen LogP contribution is -2.29. The molecule has 0 radical (unpaired) electrons. The quantitative estimate of drug-likeness (QED) is 0.678. The van der Waals surface area contributed by atoms with Gasteiger partial charge in [0, 0.05) is 32.3 Å². The summed E-state index contributed by atoms with van der Waals surface area (Å²) in [5.74, 6) is 0.0975. The first-order chi connectivity index (χ1) is 8.24. The molecule has 0 unspecified atom stereocenters. The predicted molar refractivity (Wildman–Crippen MR) is 76.9 cm³/mol. The molecule has 1 aliphatic rings. The lowest BCUT2D eigenvalue weighted by atomic mass is 10.1. The van der Waals surface area contributed by atoms with Gasteiger partial charge in [-0.15, -0.1) is 17.0 Å². The maximum absolute atomic E-state index is 11.1. The molecule has 5 heteroatoms. The molecular weight excluding hydrogens is 294 g/mol. The van der Waals surface area contributed by atoms with Gasteiger partial charge in [-0.25, -0.2) is 0 Å². The predicted octanol–water partition coefficient (Wildman–Crippen LogP) is 3.02. The van der Waals surface area contributed by atoms with Gasteiger partial charge in [0.05, 0.1) is 12.7 Å². The van der Waals surface area contributed by atoms with Gasteiger partial charge in [0.15, 0.2) is 0 Å². The zero-order valence-electron chi connectivity index (χ0n) is 11.0. The normalized spacial score (nSPS) is 13.3. The van der Waals surface area contributed by atoms with Crippen molar-refractivity contribution in [3.8, 4) is 6.07 Å². The minimum atomic E-state index is 0. The molecule has 0 aromatic heterocycles. The fourth-order valence-electron chi connectivity index (χ4n) is 1.86. The summed E-state index contributed by atoms with van der Waals surface area (Å²) < 4.78 is 0. The van der Waals surface area contributed by atoms with Crippen LogP contribution in [0.4, 0.5) is 0 Å². The van der Waals surface area contributed by atoms with Crippen LogP contribution in [0.1, 0.15) is 45.4 Å². The number of unbranched alkanes of at least 4 members (excludes halogenated alkanes) is 5. The molecule has 0 bridgehead atoms. The Kier molecular flexibility index (Phi) is 9.39. The first kappa shape index (κ1) is 17.0. The number of carbonyl (C=O) groups is 1. The molecule has 102 valence electrons. The van der Waals surface area contributed by atoms with Crippen molar-refractivity contribution in [2.45, 2.75) is 45.4 Å². The van der Waals surface area contributed by atoms with Crippen LogP contribution < -0.4 is 0 Å². The largest absolute Gasteiger partial charge is 0.358 e. The van der Waals surface area contributed by atoms with E-state index in [4.69, 9.17) is 5.26 Å². The number of carbonyl (C=O) groups excluding carboxylic acids is 1. The van der Waals surface area contributed by atoms with E-state index in [9.17, 15) is 4.79 Å². The second-order valence-corrected chi connectivity index (χ2v) is 4.42. The third-order valence-electron chi connectivity index (χ3n) is 2.93. The number of amides is 1. The number of nitriles is 1. The van der Waals surface area contributed by atoms with Crippen molar-refractivity contribution in [1.82, 2.24) is 9.80 Å². The fourth-order valence-corrected chi connectivity index (χ4v) is 1.86. The van der Waals surface area contributed by atoms with E-state index < -0.39 is 0 Å². The van der Waals surface area contributed by atoms with Gasteiger partial charge in [-0.3, -0.25) is 9.69 Å². The van der Waals surface area contributed by atoms with Gasteiger partial charge < -0.3 is 4.90 Å². The molecule has 4 nitrogen and oxygen atoms in total. The van der Waals surface area contributed by atoms with Crippen molar-refractivity contribution in [2.24, 2.45) is 0 Å². The van der Waals surface area contributed by atoms with Crippen molar-refractivity contribution in [2.75, 3.05) is 13.2 Å². The summed E-state index contributed by atoms with van der Waals surface area (Å²) in [6.07, 6.45) is 10.3. The third kappa shape index (κ3) is 6.65. The average Bonchev–Trinajstić information content (AvgIpc) is 2.77. The standard InChI is InChI=1S/C13H21N3O.BrH/c1-13(17)16-11-10-15(12-16)9-7-5-3-2-4-6-8-14;/h10-11H,2-7,9,12H2,1H3;1H. The highest BCUT2D eigenvalue weighted by Crippen LogP contribution is 2.10. The first-order valence-electron chi connectivity index (χ1n) is 6.30. The maximum Gasteiger partial charge on any atom is 0.224 e. The van der Waals surface area contributed by atoms with E-state index in [-0.39, 0.29) is 22.9 Å². The zero-order valence-corrected chi connectivity index (χ0v) is 12.7. The molecule has 0 aromatic carbocycles. The minimum absolute atomic E-state index is 0. The van der Waals surface area contributed by atoms with Crippen molar-refractivity contribution in [3.05, 3.63) is 12.4 Å². The van der Waals surface area contributed by atoms with E-state index in [1.54, 1.807) is 11.8 Å². The lowest BCUT2D eigenvalue weighted by Gasteiger charge is -2.18. The molecule has 1 rings (SSSR count). The molecule has 0 fully saturated rings. The average molecular weight is 316 g/mol. The Labute approximate surface area is 120 Å². The van der Waals surface area contributed by atoms with Gasteiger partial charge >= 0.3 is 0 Å². The molecule has 0 aromatic rings. The van der Waals surface area contributed by atoms with E-state index in [0.29, 0.717) is 13.1 Å². The SMILES string of the molecule is Br.CC(=O)N1C=CN(CCCCCCCC#N)C1. The van der Waals surface area contributed by atoms with Gasteiger partial charge in [0.1, 0.15) is 0 Å². The van der Waals surface area contributed by atoms with Crippen LogP contribution in [0.15, 0.2) is 12.4 Å². The van der Waals surface area contributed by atoms with Crippen LogP contribution in [0.5, 0.6) is 0 Å². The maximum atomic E-state index is 11.1. The van der Waals surface area contributed by atoms with Crippen molar-refractivity contribution < 1.29 is 4.79 Å². The molecular formula is C13H22BrN3O. The number of hydrogen-bond donors (Lipinski definition) is 0. The molecule has 0 saturated carbocycles. The Morgan fingerprint density at radius 1 is 1.22 bits per heavy atom. The summed E-state index contributed by atoms with van der Waals surface area (Å²) in [5, 5.41) is 8.39. The van der Waals surface area contributed by atoms with Crippen LogP contribution in [0.2, 0.25) is 0 Å². The van der Waals surface area contributed by atoms with Crippen LogP contribution in [-0.2, 0) is 4.79 Å². The van der Waals surface area contributed by atoms with E-state index in [2.05, 4.69) is 11.0 Å². The summed E-state index contributed by atoms with van der Waals surface area (Å²) >= 11 is 0. The molecule has 0 aliphatic carbocycles. The molecule has 0 atom stereocenters. The fraction of sp³-hybridized carbons (Fsp3) is 0.692. The molecule has 1 amide bonds. The highest BCUT2D eigenvalue weighted by Gasteiger charge is 2.14. The Hall–Kier alpha value is -1.02. The minimum Gasteiger partial charge on any atom is -0.358 e. The van der Waals surface area contributed by atoms with Gasteiger partial charge in [-0.05, 0) is 12.8 Å². The third-order valence-corrected chi connectivity index (χ3v) is 2.93. The van der Waals surface area contributed by atoms with Crippen LogP contribution in [0.3, 0.4) is 0 Å². The number of halogens is 1. The molecule has 1 heterocycles. The summed E-state index contributed by atoms with van der Waals surface area (Å²) in [6.45, 7) is 3.30. The molecule has 0 N–H and O–H groups in total. The smallest absolute Gasteiger partial charge is 0.224 e. The highest BCUT2D eigenvalue weighted by molar-refractivity contribution is 8.93. The van der Waals surface area contributed by atoms with E-state index in [1.165, 1.54) is 12.8 Å². The Morgan fingerprint density at radius 2 is 1.89 bits per heavy atom. The van der Waals surface area contributed by atoms with Gasteiger partial charge in [-0.1, -0.05) is 19.3 Å². The van der Waals surface area contributed by atoms with E-state index >= 15 is 0 Å². The van der Waals surface area contributed by atoms with Crippen molar-refractivity contribution >= 4 is 22.9 Å². The summed E-state index contributed by atoms with van der Waals surface area (Å²) in [7, 11) is 0. The van der Waals surface area contributed by atoms with Crippen molar-refractivity contribution in [3.63, 3.8) is 0 Å². The second-order valence-electron chi connectivity index (χ2n) is 4.42. The summed E-state index contributed by atoms with van der Waals surface area (Å²) in [6, 6.07) is 2.16. The topological polar surface area (TPSA) is 47.3 Å². The highest BCUT2D eigenvalue weighted by atomic mass is 79.9. The number of rotatable bonds is 7. The van der Waals surface area contributed by atoms with Gasteiger partial charge in [-0.2, -0.15) is 5.26 Å². The first-order valence-corrected chi connectivity index (χ1v) is 6.30. The monoisotopic (exact) mass is 315 g/mol. The summed E-state index contributed by atoms with van der Waals surface area (Å²) in [5.41, 5.74) is 0. The number of hydrogen-bond acceptors (Lipinski definition) is 3. The molecule has 0 spiro atoms. The van der Waals surface area contributed by atoms with E-state index in [0.717, 1.165) is 25.8 Å². The van der Waals surface area contributed by atoms with Crippen LogP contribution >= 0.6 is 17.0 Å². The van der Waals surface area contributed by atoms with Crippen molar-refractivity contribution in [1.29, 1.82) is 5.26 Å². The number of nitrogens with zero attached hydrogens (tertiary/aromatic N) is 3. The Balaban J connectivity index is 0.00000289. The van der Waals surface area contributed by atoms with Gasteiger partial charge in [0.25, 0.3) is 0 Å². The zero-order chi connectivity index (χ0) is 12.5. The lowest BCUT2D eigenvalue weighted by molar-refractivity contribution is -0.126. The second kappa shape index (κ2) is 9.95. The summed E-state index contributed by atoms with van der Waals surface area (Å²) in [4.78, 5) is 15.0. The van der Waals surface area contributed by atoms with E-state index in [1.807, 2.05) is 12.4 Å². The van der Waals surface area contributed by atoms with Crippen LogP contribution in [0.25, 0.3) is 0 Å². The molecule has 0 saturated heterocycles. The molecule has 18 heavy (non-hydrogen) atoms.